The summed E-state index contributed by atoms with van der Waals surface area (Å²) >= 11 is 0. The van der Waals surface area contributed by atoms with E-state index in [0.717, 1.165) is 51.4 Å². The van der Waals surface area contributed by atoms with Crippen LogP contribution in [-0.4, -0.2) is 87.4 Å². The van der Waals surface area contributed by atoms with Gasteiger partial charge in [-0.25, -0.2) is 4.79 Å². The average Bonchev–Trinajstić information content (AvgIpc) is 3.11. The molecule has 0 heterocycles. The van der Waals surface area contributed by atoms with Gasteiger partial charge in [0.15, 0.2) is 6.10 Å². The van der Waals surface area contributed by atoms with Crippen molar-refractivity contribution in [3.8, 4) is 0 Å². The molecule has 0 spiro atoms. The second-order valence-electron chi connectivity index (χ2n) is 30.5. The number of hydrogen-bond donors (Lipinski definition) is 1. The Bertz CT molecular complexity index is 1730. The van der Waals surface area contributed by atoms with E-state index in [1.807, 2.05) is 21.1 Å². The van der Waals surface area contributed by atoms with Crippen LogP contribution in [0.3, 0.4) is 0 Å². The van der Waals surface area contributed by atoms with Crippen LogP contribution >= 0.6 is 0 Å². The van der Waals surface area contributed by atoms with Crippen molar-refractivity contribution in [1.29, 1.82) is 0 Å². The highest BCUT2D eigenvalue weighted by Crippen LogP contribution is 2.20. The van der Waals surface area contributed by atoms with E-state index in [0.29, 0.717) is 17.4 Å². The van der Waals surface area contributed by atoms with Crippen LogP contribution in [0.1, 0.15) is 438 Å². The molecule has 0 aromatic rings. The largest absolute Gasteiger partial charge is 0.477 e. The predicted molar refractivity (Wildman–Crippen MR) is 420 cm³/mol. The third kappa shape index (κ3) is 80.4. The number of carbonyl (C=O) groups excluding carboxylic acids is 2. The highest BCUT2D eigenvalue weighted by atomic mass is 16.7. The van der Waals surface area contributed by atoms with Crippen LogP contribution in [0, 0.1) is 0 Å². The lowest BCUT2D eigenvalue weighted by atomic mass is 10.0. The van der Waals surface area contributed by atoms with E-state index in [4.69, 9.17) is 18.9 Å². The Morgan fingerprint density at radius 2 is 0.557 bits per heavy atom. The van der Waals surface area contributed by atoms with Gasteiger partial charge in [0, 0.05) is 12.8 Å². The Kier molecular flexibility index (Phi) is 76.7. The number of ether oxygens (including phenoxy) is 4. The summed E-state index contributed by atoms with van der Waals surface area (Å²) < 4.78 is 23.1. The molecule has 2 unspecified atom stereocenters. The standard InChI is InChI=1S/C88H165NO8/c1-6-8-10-12-14-16-18-20-22-24-26-28-30-32-34-36-38-40-42-43-45-47-49-51-53-55-57-59-61-63-65-67-69-71-73-75-77-79-86(91)97-84(83-96-88(87(92)93)94-81-80-89(3,4)5)82-95-85(90)78-76-74-72-70-68-66-64-62-60-58-56-54-52-50-48-46-44-41-39-37-35-33-31-29-27-25-23-21-19-17-15-13-11-9-7-2/h18-21,24-27,84,88H,6-17,22-23,28-83H2,1-5H3/p+1/b20-18-,21-19-,26-24-,27-25-. The Hall–Kier alpha value is -2.75. The number of esters is 2. The first-order chi connectivity index (χ1) is 47.6. The van der Waals surface area contributed by atoms with Gasteiger partial charge in [-0.2, -0.15) is 0 Å². The molecule has 0 fully saturated rings. The van der Waals surface area contributed by atoms with E-state index in [1.54, 1.807) is 0 Å². The van der Waals surface area contributed by atoms with Crippen LogP contribution in [0.5, 0.6) is 0 Å². The van der Waals surface area contributed by atoms with Gasteiger partial charge in [-0.15, -0.1) is 0 Å². The molecule has 570 valence electrons. The maximum atomic E-state index is 13.0. The molecule has 0 saturated carbocycles. The molecule has 97 heavy (non-hydrogen) atoms. The summed E-state index contributed by atoms with van der Waals surface area (Å²) in [6, 6.07) is 0. The highest BCUT2D eigenvalue weighted by Gasteiger charge is 2.25. The first kappa shape index (κ1) is 94.2. The zero-order valence-electron chi connectivity index (χ0n) is 65.5. The fourth-order valence-corrected chi connectivity index (χ4v) is 13.0. The smallest absolute Gasteiger partial charge is 0.361 e. The average molecular weight is 1370 g/mol. The van der Waals surface area contributed by atoms with E-state index in [-0.39, 0.29) is 38.2 Å². The molecule has 9 nitrogen and oxygen atoms in total. The summed E-state index contributed by atoms with van der Waals surface area (Å²) in [5.41, 5.74) is 0. The van der Waals surface area contributed by atoms with Crippen LogP contribution < -0.4 is 0 Å². The van der Waals surface area contributed by atoms with Gasteiger partial charge < -0.3 is 28.5 Å². The normalized spacial score (nSPS) is 12.8. The summed E-state index contributed by atoms with van der Waals surface area (Å²) in [7, 11) is 6.00. The lowest BCUT2D eigenvalue weighted by molar-refractivity contribution is -0.870. The van der Waals surface area contributed by atoms with E-state index >= 15 is 0 Å². The fraction of sp³-hybridized carbons (Fsp3) is 0.875. The molecular formula is C88H166NO8+. The number of hydrogen-bond acceptors (Lipinski definition) is 7. The van der Waals surface area contributed by atoms with Crippen LogP contribution in [0.4, 0.5) is 0 Å². The van der Waals surface area contributed by atoms with Crippen molar-refractivity contribution in [3.63, 3.8) is 0 Å². The third-order valence-corrected chi connectivity index (χ3v) is 19.6. The molecule has 9 heteroatoms. The number of rotatable bonds is 81. The molecule has 2 atom stereocenters. The van der Waals surface area contributed by atoms with Crippen molar-refractivity contribution in [2.75, 3.05) is 47.5 Å². The molecule has 0 saturated heterocycles. The van der Waals surface area contributed by atoms with Crippen molar-refractivity contribution >= 4 is 17.9 Å². The Labute approximate surface area is 603 Å². The van der Waals surface area contributed by atoms with Gasteiger partial charge in [0.1, 0.15) is 13.2 Å². The number of carbonyl (C=O) groups is 3. The molecule has 0 rings (SSSR count). The molecule has 0 aromatic carbocycles. The maximum absolute atomic E-state index is 13.0. The van der Waals surface area contributed by atoms with Gasteiger partial charge in [0.25, 0.3) is 6.29 Å². The fourth-order valence-electron chi connectivity index (χ4n) is 13.0. The van der Waals surface area contributed by atoms with Gasteiger partial charge in [0.2, 0.25) is 0 Å². The number of aliphatic carboxylic acids is 1. The van der Waals surface area contributed by atoms with Crippen LogP contribution in [0.2, 0.25) is 0 Å². The van der Waals surface area contributed by atoms with Crippen molar-refractivity contribution < 1.29 is 42.9 Å². The minimum absolute atomic E-state index is 0.175. The van der Waals surface area contributed by atoms with Crippen LogP contribution in [-0.2, 0) is 33.3 Å². The van der Waals surface area contributed by atoms with Crippen molar-refractivity contribution in [1.82, 2.24) is 0 Å². The second-order valence-corrected chi connectivity index (χ2v) is 30.5. The Morgan fingerprint density at radius 3 is 0.814 bits per heavy atom. The topological polar surface area (TPSA) is 108 Å². The molecular weight excluding hydrogens is 1200 g/mol. The van der Waals surface area contributed by atoms with Gasteiger partial charge in [0.05, 0.1) is 34.4 Å². The minimum atomic E-state index is -1.51. The maximum Gasteiger partial charge on any atom is 0.361 e. The van der Waals surface area contributed by atoms with E-state index in [2.05, 4.69) is 62.5 Å². The number of unbranched alkanes of at least 4 members (excludes halogenated alkanes) is 58. The lowest BCUT2D eigenvalue weighted by Gasteiger charge is -2.25. The van der Waals surface area contributed by atoms with Gasteiger partial charge >= 0.3 is 17.9 Å². The monoisotopic (exact) mass is 1370 g/mol. The van der Waals surface area contributed by atoms with Crippen molar-refractivity contribution in [2.24, 2.45) is 0 Å². The molecule has 0 amide bonds. The van der Waals surface area contributed by atoms with Crippen LogP contribution in [0.15, 0.2) is 48.6 Å². The highest BCUT2D eigenvalue weighted by molar-refractivity contribution is 5.71. The van der Waals surface area contributed by atoms with E-state index in [9.17, 15) is 19.5 Å². The molecule has 0 aliphatic rings. The first-order valence-corrected chi connectivity index (χ1v) is 42.8. The van der Waals surface area contributed by atoms with Crippen molar-refractivity contribution in [2.45, 2.75) is 450 Å². The minimum Gasteiger partial charge on any atom is -0.477 e. The summed E-state index contributed by atoms with van der Waals surface area (Å²) in [5, 5.41) is 9.79. The second kappa shape index (κ2) is 79.0. The van der Waals surface area contributed by atoms with Crippen molar-refractivity contribution in [3.05, 3.63) is 48.6 Å². The number of likely N-dealkylation sites (N-methyl/N-ethyl adjacent to an activating group) is 1. The number of carboxylic acids is 1. The number of quaternary nitrogens is 1. The molecule has 0 aliphatic heterocycles. The number of nitrogens with zero attached hydrogens (tertiary/aromatic N) is 1. The van der Waals surface area contributed by atoms with Crippen LogP contribution in [0.25, 0.3) is 0 Å². The van der Waals surface area contributed by atoms with E-state index < -0.39 is 18.4 Å². The SMILES string of the molecule is CCCCCCC/C=C\C/C=C\CCCCCCCCCCCCCCCCCCCCCCCCCCCC(=O)OC(COC(=O)CCCCCCCCCCCCCCCCCCCCCCCCC/C=C\C/C=C\CCCCCCC)COC(OCC[N+](C)(C)C)C(=O)O. The summed E-state index contributed by atoms with van der Waals surface area (Å²) in [5.74, 6) is -1.97. The summed E-state index contributed by atoms with van der Waals surface area (Å²) in [6.07, 6.45) is 102. The predicted octanol–water partition coefficient (Wildman–Crippen LogP) is 27.6. The summed E-state index contributed by atoms with van der Waals surface area (Å²) in [4.78, 5) is 37.8. The third-order valence-electron chi connectivity index (χ3n) is 19.6. The zero-order chi connectivity index (χ0) is 70.4. The van der Waals surface area contributed by atoms with Gasteiger partial charge in [-0.05, 0) is 77.0 Å². The van der Waals surface area contributed by atoms with Gasteiger partial charge in [-0.3, -0.25) is 9.59 Å². The Balaban J connectivity index is 3.93. The van der Waals surface area contributed by atoms with Gasteiger partial charge in [-0.1, -0.05) is 396 Å². The number of allylic oxidation sites excluding steroid dienone is 8. The zero-order valence-corrected chi connectivity index (χ0v) is 65.5. The first-order valence-electron chi connectivity index (χ1n) is 42.8. The molecule has 0 aromatic heterocycles. The summed E-state index contributed by atoms with van der Waals surface area (Å²) in [6.45, 7) is 4.94. The lowest BCUT2D eigenvalue weighted by Crippen LogP contribution is -2.40. The number of carboxylic acid groups (broad SMARTS) is 1. The molecule has 0 aliphatic carbocycles. The molecule has 0 bridgehead atoms. The quantitative estimate of drug-likeness (QED) is 0.0211. The Morgan fingerprint density at radius 1 is 0.309 bits per heavy atom. The van der Waals surface area contributed by atoms with E-state index in [1.165, 1.54) is 360 Å². The molecule has 1 N–H and O–H groups in total. The molecule has 0 radical (unpaired) electrons.